The molecule has 0 bridgehead atoms. The monoisotopic (exact) mass is 310 g/mol. The smallest absolute Gasteiger partial charge is 0.225 e. The molecule has 6 nitrogen and oxygen atoms in total. The predicted octanol–water partition coefficient (Wildman–Crippen LogP) is 1.76. The molecular formula is C17H22N6. The van der Waals surface area contributed by atoms with E-state index >= 15 is 0 Å². The Morgan fingerprint density at radius 1 is 0.913 bits per heavy atom. The Balaban J connectivity index is 1.49. The molecular weight excluding hydrogens is 288 g/mol. The zero-order chi connectivity index (χ0) is 16.0. The van der Waals surface area contributed by atoms with Gasteiger partial charge in [-0.25, -0.2) is 19.9 Å². The highest BCUT2D eigenvalue weighted by atomic mass is 15.3. The van der Waals surface area contributed by atoms with Gasteiger partial charge >= 0.3 is 0 Å². The first-order chi connectivity index (χ1) is 11.1. The van der Waals surface area contributed by atoms with E-state index in [-0.39, 0.29) is 0 Å². The first-order valence-corrected chi connectivity index (χ1v) is 8.19. The number of anilines is 2. The minimum atomic E-state index is 0.661. The molecule has 4 rings (SSSR count). The van der Waals surface area contributed by atoms with Gasteiger partial charge in [0.1, 0.15) is 12.1 Å². The maximum Gasteiger partial charge on any atom is 0.225 e. The van der Waals surface area contributed by atoms with Crippen LogP contribution in [0.2, 0.25) is 0 Å². The molecule has 0 aromatic carbocycles. The van der Waals surface area contributed by atoms with E-state index in [1.54, 1.807) is 6.33 Å². The van der Waals surface area contributed by atoms with Crippen molar-refractivity contribution in [3.05, 3.63) is 35.5 Å². The molecule has 0 spiro atoms. The lowest BCUT2D eigenvalue weighted by Crippen LogP contribution is -2.30. The molecule has 0 amide bonds. The van der Waals surface area contributed by atoms with Gasteiger partial charge in [0.05, 0.1) is 0 Å². The van der Waals surface area contributed by atoms with Crippen molar-refractivity contribution in [2.24, 2.45) is 11.8 Å². The summed E-state index contributed by atoms with van der Waals surface area (Å²) in [6.07, 6.45) is 3.53. The van der Waals surface area contributed by atoms with Gasteiger partial charge < -0.3 is 9.80 Å². The van der Waals surface area contributed by atoms with Gasteiger partial charge in [0, 0.05) is 61.2 Å². The predicted molar refractivity (Wildman–Crippen MR) is 89.7 cm³/mol. The van der Waals surface area contributed by atoms with Gasteiger partial charge in [-0.05, 0) is 26.8 Å². The molecule has 0 N–H and O–H groups in total. The lowest BCUT2D eigenvalue weighted by molar-refractivity contribution is 0.533. The van der Waals surface area contributed by atoms with E-state index in [2.05, 4.69) is 36.7 Å². The zero-order valence-corrected chi connectivity index (χ0v) is 13.9. The Kier molecular flexibility index (Phi) is 3.39. The molecule has 2 aliphatic heterocycles. The van der Waals surface area contributed by atoms with E-state index in [0.29, 0.717) is 11.8 Å². The third-order valence-electron chi connectivity index (χ3n) is 5.16. The lowest BCUT2D eigenvalue weighted by atomic mass is 10.0. The summed E-state index contributed by atoms with van der Waals surface area (Å²) < 4.78 is 0. The molecule has 2 aromatic heterocycles. The molecule has 0 saturated carbocycles. The van der Waals surface area contributed by atoms with E-state index in [9.17, 15) is 0 Å². The molecule has 2 atom stereocenters. The fraction of sp³-hybridized carbons (Fsp3) is 0.529. The van der Waals surface area contributed by atoms with Crippen LogP contribution in [0.4, 0.5) is 11.8 Å². The van der Waals surface area contributed by atoms with Crippen LogP contribution in [-0.4, -0.2) is 46.1 Å². The van der Waals surface area contributed by atoms with Gasteiger partial charge in [-0.3, -0.25) is 0 Å². The Morgan fingerprint density at radius 3 is 2.30 bits per heavy atom. The average Bonchev–Trinajstić information content (AvgIpc) is 3.08. The molecule has 2 aromatic rings. The summed E-state index contributed by atoms with van der Waals surface area (Å²) in [6.45, 7) is 10.4. The Bertz CT molecular complexity index is 717. The van der Waals surface area contributed by atoms with Crippen LogP contribution >= 0.6 is 0 Å². The normalized spacial score (nSPS) is 23.4. The van der Waals surface area contributed by atoms with Crippen LogP contribution in [0.5, 0.6) is 0 Å². The molecule has 2 unspecified atom stereocenters. The molecule has 0 radical (unpaired) electrons. The summed E-state index contributed by atoms with van der Waals surface area (Å²) in [4.78, 5) is 22.5. The van der Waals surface area contributed by atoms with E-state index in [1.165, 1.54) is 5.56 Å². The third kappa shape index (κ3) is 2.52. The topological polar surface area (TPSA) is 58.0 Å². The summed E-state index contributed by atoms with van der Waals surface area (Å²) in [7, 11) is 0. The number of nitrogens with zero attached hydrogens (tertiary/aromatic N) is 6. The van der Waals surface area contributed by atoms with E-state index in [1.807, 2.05) is 26.1 Å². The summed E-state index contributed by atoms with van der Waals surface area (Å²) in [5.41, 5.74) is 3.30. The van der Waals surface area contributed by atoms with E-state index in [4.69, 9.17) is 0 Å². The van der Waals surface area contributed by atoms with Crippen molar-refractivity contribution in [1.29, 1.82) is 0 Å². The fourth-order valence-corrected chi connectivity index (χ4v) is 3.76. The SMILES string of the molecule is Cc1ccnc(N2CC3CN(c4ncnc(C)c4C)CC3C2)n1. The van der Waals surface area contributed by atoms with Crippen LogP contribution in [0.3, 0.4) is 0 Å². The number of hydrogen-bond acceptors (Lipinski definition) is 6. The van der Waals surface area contributed by atoms with E-state index < -0.39 is 0 Å². The van der Waals surface area contributed by atoms with Gasteiger partial charge in [-0.2, -0.15) is 0 Å². The van der Waals surface area contributed by atoms with Gasteiger partial charge in [0.2, 0.25) is 5.95 Å². The summed E-state index contributed by atoms with van der Waals surface area (Å²) >= 11 is 0. The van der Waals surface area contributed by atoms with Crippen LogP contribution in [0, 0.1) is 32.6 Å². The largest absolute Gasteiger partial charge is 0.356 e. The number of hydrogen-bond donors (Lipinski definition) is 0. The molecule has 4 heterocycles. The summed E-state index contributed by atoms with van der Waals surface area (Å²) in [6, 6.07) is 1.95. The van der Waals surface area contributed by atoms with Gasteiger partial charge in [-0.1, -0.05) is 0 Å². The minimum Gasteiger partial charge on any atom is -0.356 e. The molecule has 6 heteroatoms. The van der Waals surface area contributed by atoms with Crippen molar-refractivity contribution in [2.45, 2.75) is 20.8 Å². The summed E-state index contributed by atoms with van der Waals surface area (Å²) in [5, 5.41) is 0. The highest BCUT2D eigenvalue weighted by molar-refractivity contribution is 5.49. The average molecular weight is 310 g/mol. The Labute approximate surface area is 136 Å². The number of aromatic nitrogens is 4. The highest BCUT2D eigenvalue weighted by Crippen LogP contribution is 2.35. The van der Waals surface area contributed by atoms with Crippen molar-refractivity contribution in [3.63, 3.8) is 0 Å². The molecule has 0 aliphatic carbocycles. The second-order valence-corrected chi connectivity index (χ2v) is 6.74. The van der Waals surface area contributed by atoms with Crippen LogP contribution in [0.25, 0.3) is 0 Å². The van der Waals surface area contributed by atoms with Crippen molar-refractivity contribution < 1.29 is 0 Å². The molecule has 2 fully saturated rings. The van der Waals surface area contributed by atoms with Crippen molar-refractivity contribution in [1.82, 2.24) is 19.9 Å². The molecule has 23 heavy (non-hydrogen) atoms. The Hall–Kier alpha value is -2.24. The lowest BCUT2D eigenvalue weighted by Gasteiger charge is -2.23. The van der Waals surface area contributed by atoms with Crippen LogP contribution < -0.4 is 9.80 Å². The quantitative estimate of drug-likeness (QED) is 0.842. The van der Waals surface area contributed by atoms with Gasteiger partial charge in [0.25, 0.3) is 0 Å². The maximum absolute atomic E-state index is 4.57. The first kappa shape index (κ1) is 14.4. The minimum absolute atomic E-state index is 0.661. The molecule has 120 valence electrons. The zero-order valence-electron chi connectivity index (χ0n) is 13.9. The first-order valence-electron chi connectivity index (χ1n) is 8.19. The molecule has 2 saturated heterocycles. The number of rotatable bonds is 2. The van der Waals surface area contributed by atoms with E-state index in [0.717, 1.165) is 49.3 Å². The number of fused-ring (bicyclic) bond motifs is 1. The second kappa shape index (κ2) is 5.44. The van der Waals surface area contributed by atoms with Gasteiger partial charge in [-0.15, -0.1) is 0 Å². The fourth-order valence-electron chi connectivity index (χ4n) is 3.76. The number of aryl methyl sites for hydroxylation is 2. The van der Waals surface area contributed by atoms with Crippen LogP contribution in [0.15, 0.2) is 18.6 Å². The Morgan fingerprint density at radius 2 is 1.61 bits per heavy atom. The van der Waals surface area contributed by atoms with Crippen molar-refractivity contribution >= 4 is 11.8 Å². The summed E-state index contributed by atoms with van der Waals surface area (Å²) in [5.74, 6) is 3.30. The second-order valence-electron chi connectivity index (χ2n) is 6.74. The molecule has 2 aliphatic rings. The third-order valence-corrected chi connectivity index (χ3v) is 5.16. The highest BCUT2D eigenvalue weighted by Gasteiger charge is 2.41. The van der Waals surface area contributed by atoms with Gasteiger partial charge in [0.15, 0.2) is 0 Å². The maximum atomic E-state index is 4.57. The van der Waals surface area contributed by atoms with Crippen molar-refractivity contribution in [2.75, 3.05) is 36.0 Å². The van der Waals surface area contributed by atoms with Crippen molar-refractivity contribution in [3.8, 4) is 0 Å². The van der Waals surface area contributed by atoms with Crippen LogP contribution in [-0.2, 0) is 0 Å². The standard InChI is InChI=1S/C17H22N6/c1-11-4-5-18-17(21-11)23-8-14-6-22(7-15(14)9-23)16-12(2)13(3)19-10-20-16/h4-5,10,14-15H,6-9H2,1-3H3. The van der Waals surface area contributed by atoms with Crippen LogP contribution in [0.1, 0.15) is 17.0 Å².